The number of amides is 1. The molecular weight excluding hydrogens is 192 g/mol. The molecule has 1 rings (SSSR count). The molecule has 0 saturated carbocycles. The van der Waals surface area contributed by atoms with Gasteiger partial charge in [-0.2, -0.15) is 0 Å². The lowest BCUT2D eigenvalue weighted by Gasteiger charge is -2.25. The van der Waals surface area contributed by atoms with Crippen LogP contribution in [0.4, 0.5) is 5.82 Å². The smallest absolute Gasteiger partial charge is 0.243 e. The van der Waals surface area contributed by atoms with E-state index in [-0.39, 0.29) is 11.3 Å². The summed E-state index contributed by atoms with van der Waals surface area (Å²) in [6.07, 6.45) is 4.53. The summed E-state index contributed by atoms with van der Waals surface area (Å²) < 4.78 is 0. The first-order valence-electron chi connectivity index (χ1n) is 4.74. The van der Waals surface area contributed by atoms with Crippen molar-refractivity contribution < 1.29 is 4.79 Å². The highest BCUT2D eigenvalue weighted by Crippen LogP contribution is 2.18. The zero-order chi connectivity index (χ0) is 11.5. The van der Waals surface area contributed by atoms with Gasteiger partial charge in [0.05, 0.1) is 12.2 Å². The molecule has 15 heavy (non-hydrogen) atoms. The summed E-state index contributed by atoms with van der Waals surface area (Å²) in [4.78, 5) is 19.4. The molecule has 0 aliphatic rings. The molecule has 82 valence electrons. The van der Waals surface area contributed by atoms with Crippen molar-refractivity contribution in [3.05, 3.63) is 18.6 Å². The molecule has 0 fully saturated rings. The lowest BCUT2D eigenvalue weighted by molar-refractivity contribution is -0.119. The first kappa shape index (κ1) is 11.6. The SMILES string of the molecule is CC(C)(C)[C@H](N)C(=O)Nc1cnccn1. The number of carbonyl (C=O) groups is 1. The Morgan fingerprint density at radius 2 is 2.13 bits per heavy atom. The average molecular weight is 208 g/mol. The minimum atomic E-state index is -0.570. The summed E-state index contributed by atoms with van der Waals surface area (Å²) >= 11 is 0. The van der Waals surface area contributed by atoms with Crippen molar-refractivity contribution in [3.8, 4) is 0 Å². The van der Waals surface area contributed by atoms with Gasteiger partial charge in [0.25, 0.3) is 0 Å². The highest BCUT2D eigenvalue weighted by Gasteiger charge is 2.27. The summed E-state index contributed by atoms with van der Waals surface area (Å²) in [5.74, 6) is 0.171. The van der Waals surface area contributed by atoms with Crippen molar-refractivity contribution in [3.63, 3.8) is 0 Å². The van der Waals surface area contributed by atoms with Crippen LogP contribution in [-0.4, -0.2) is 21.9 Å². The Labute approximate surface area is 89.1 Å². The second-order valence-electron chi connectivity index (χ2n) is 4.42. The van der Waals surface area contributed by atoms with Gasteiger partial charge in [0.2, 0.25) is 5.91 Å². The van der Waals surface area contributed by atoms with E-state index in [0.29, 0.717) is 5.82 Å². The number of hydrogen-bond acceptors (Lipinski definition) is 4. The molecule has 5 nitrogen and oxygen atoms in total. The van der Waals surface area contributed by atoms with Gasteiger partial charge in [-0.05, 0) is 5.41 Å². The van der Waals surface area contributed by atoms with Crippen LogP contribution in [0.2, 0.25) is 0 Å². The summed E-state index contributed by atoms with van der Waals surface area (Å²) in [6.45, 7) is 5.73. The van der Waals surface area contributed by atoms with Gasteiger partial charge < -0.3 is 11.1 Å². The molecule has 0 aliphatic heterocycles. The van der Waals surface area contributed by atoms with Gasteiger partial charge >= 0.3 is 0 Å². The highest BCUT2D eigenvalue weighted by molar-refractivity contribution is 5.94. The average Bonchev–Trinajstić information content (AvgIpc) is 2.16. The number of nitrogens with two attached hydrogens (primary N) is 1. The zero-order valence-electron chi connectivity index (χ0n) is 9.19. The second-order valence-corrected chi connectivity index (χ2v) is 4.42. The van der Waals surface area contributed by atoms with E-state index in [1.54, 1.807) is 6.20 Å². The molecule has 0 radical (unpaired) electrons. The molecule has 0 bridgehead atoms. The molecule has 1 atom stereocenters. The van der Waals surface area contributed by atoms with Crippen LogP contribution in [0.1, 0.15) is 20.8 Å². The molecular formula is C10H16N4O. The highest BCUT2D eigenvalue weighted by atomic mass is 16.2. The lowest BCUT2D eigenvalue weighted by atomic mass is 9.87. The van der Waals surface area contributed by atoms with Crippen molar-refractivity contribution in [1.29, 1.82) is 0 Å². The summed E-state index contributed by atoms with van der Waals surface area (Å²) in [6, 6.07) is -0.570. The third-order valence-corrected chi connectivity index (χ3v) is 2.03. The van der Waals surface area contributed by atoms with Crippen LogP contribution in [0.3, 0.4) is 0 Å². The molecule has 1 amide bonds. The summed E-state index contributed by atoms with van der Waals surface area (Å²) in [7, 11) is 0. The van der Waals surface area contributed by atoms with Gasteiger partial charge in [0.15, 0.2) is 5.82 Å². The maximum atomic E-state index is 11.7. The normalized spacial score (nSPS) is 13.3. The molecule has 1 aromatic heterocycles. The van der Waals surface area contributed by atoms with Gasteiger partial charge in [0.1, 0.15) is 0 Å². The molecule has 1 aromatic rings. The number of carbonyl (C=O) groups excluding carboxylic acids is 1. The second kappa shape index (κ2) is 4.35. The van der Waals surface area contributed by atoms with Gasteiger partial charge in [0, 0.05) is 12.4 Å². The molecule has 5 heteroatoms. The summed E-state index contributed by atoms with van der Waals surface area (Å²) in [5, 5.41) is 2.61. The van der Waals surface area contributed by atoms with Crippen molar-refractivity contribution in [2.24, 2.45) is 11.1 Å². The molecule has 1 heterocycles. The Morgan fingerprint density at radius 3 is 2.60 bits per heavy atom. The maximum Gasteiger partial charge on any atom is 0.243 e. The molecule has 0 unspecified atom stereocenters. The zero-order valence-corrected chi connectivity index (χ0v) is 9.19. The Balaban J connectivity index is 2.65. The van der Waals surface area contributed by atoms with E-state index < -0.39 is 6.04 Å². The van der Waals surface area contributed by atoms with Gasteiger partial charge in [-0.25, -0.2) is 4.98 Å². The molecule has 3 N–H and O–H groups in total. The van der Waals surface area contributed by atoms with Gasteiger partial charge in [-0.3, -0.25) is 9.78 Å². The standard InChI is InChI=1S/C10H16N4O/c1-10(2,3)8(11)9(15)14-7-6-12-4-5-13-7/h4-6,8H,11H2,1-3H3,(H,13,14,15)/t8-/m1/s1. The molecule has 0 spiro atoms. The van der Waals surface area contributed by atoms with Crippen LogP contribution >= 0.6 is 0 Å². The fourth-order valence-electron chi connectivity index (χ4n) is 0.961. The van der Waals surface area contributed by atoms with Crippen LogP contribution in [-0.2, 0) is 4.79 Å². The number of aromatic nitrogens is 2. The van der Waals surface area contributed by atoms with Crippen LogP contribution in [0.15, 0.2) is 18.6 Å². The van der Waals surface area contributed by atoms with Gasteiger partial charge in [-0.1, -0.05) is 20.8 Å². The van der Waals surface area contributed by atoms with E-state index >= 15 is 0 Å². The van der Waals surface area contributed by atoms with E-state index in [2.05, 4.69) is 15.3 Å². The minimum Gasteiger partial charge on any atom is -0.319 e. The van der Waals surface area contributed by atoms with Gasteiger partial charge in [-0.15, -0.1) is 0 Å². The quantitative estimate of drug-likeness (QED) is 0.752. The van der Waals surface area contributed by atoms with E-state index in [1.165, 1.54) is 12.4 Å². The predicted molar refractivity (Wildman–Crippen MR) is 58.1 cm³/mol. The van der Waals surface area contributed by atoms with Crippen molar-refractivity contribution in [2.45, 2.75) is 26.8 Å². The fraction of sp³-hybridized carbons (Fsp3) is 0.500. The van der Waals surface area contributed by atoms with Crippen molar-refractivity contribution in [2.75, 3.05) is 5.32 Å². The largest absolute Gasteiger partial charge is 0.319 e. The fourth-order valence-corrected chi connectivity index (χ4v) is 0.961. The van der Waals surface area contributed by atoms with E-state index in [0.717, 1.165) is 0 Å². The van der Waals surface area contributed by atoms with Crippen molar-refractivity contribution >= 4 is 11.7 Å². The van der Waals surface area contributed by atoms with Crippen LogP contribution in [0.5, 0.6) is 0 Å². The first-order chi connectivity index (χ1) is 6.91. The van der Waals surface area contributed by atoms with Crippen LogP contribution < -0.4 is 11.1 Å². The number of nitrogens with one attached hydrogen (secondary N) is 1. The number of rotatable bonds is 2. The minimum absolute atomic E-state index is 0.247. The number of nitrogens with zero attached hydrogens (tertiary/aromatic N) is 2. The van der Waals surface area contributed by atoms with E-state index in [4.69, 9.17) is 5.73 Å². The Bertz CT molecular complexity index is 331. The first-order valence-corrected chi connectivity index (χ1v) is 4.74. The monoisotopic (exact) mass is 208 g/mol. The predicted octanol–water partition coefficient (Wildman–Crippen LogP) is 0.788. The summed E-state index contributed by atoms with van der Waals surface area (Å²) in [5.41, 5.74) is 5.51. The lowest BCUT2D eigenvalue weighted by Crippen LogP contribution is -2.45. The molecule has 0 aromatic carbocycles. The third kappa shape index (κ3) is 3.28. The Morgan fingerprint density at radius 1 is 1.47 bits per heavy atom. The molecule has 0 aliphatic carbocycles. The topological polar surface area (TPSA) is 80.9 Å². The maximum absolute atomic E-state index is 11.7. The van der Waals surface area contributed by atoms with Crippen LogP contribution in [0.25, 0.3) is 0 Å². The van der Waals surface area contributed by atoms with Crippen molar-refractivity contribution in [1.82, 2.24) is 9.97 Å². The number of anilines is 1. The van der Waals surface area contributed by atoms with E-state index in [1.807, 2.05) is 20.8 Å². The molecule has 0 saturated heterocycles. The Hall–Kier alpha value is -1.49. The Kier molecular flexibility index (Phi) is 3.36. The number of hydrogen-bond donors (Lipinski definition) is 2. The third-order valence-electron chi connectivity index (χ3n) is 2.03. The van der Waals surface area contributed by atoms with Crippen LogP contribution in [0, 0.1) is 5.41 Å². The van der Waals surface area contributed by atoms with E-state index in [9.17, 15) is 4.79 Å².